The van der Waals surface area contributed by atoms with Gasteiger partial charge in [-0.2, -0.15) is 0 Å². The van der Waals surface area contributed by atoms with Crippen molar-refractivity contribution < 1.29 is 4.79 Å². The van der Waals surface area contributed by atoms with Crippen LogP contribution < -0.4 is 10.6 Å². The molecule has 2 aromatic heterocycles. The summed E-state index contributed by atoms with van der Waals surface area (Å²) in [5, 5.41) is 7.72. The lowest BCUT2D eigenvalue weighted by Crippen LogP contribution is -2.30. The number of carbonyl (C=O) groups is 1. The van der Waals surface area contributed by atoms with Gasteiger partial charge < -0.3 is 15.6 Å². The molecule has 0 aliphatic rings. The van der Waals surface area contributed by atoms with Crippen molar-refractivity contribution in [3.8, 4) is 0 Å². The van der Waals surface area contributed by atoms with Gasteiger partial charge in [0.2, 0.25) is 0 Å². The SMILES string of the molecule is CCCNc1ccc(CCN[C@@H](C(=O)c2c[nH]c3ccccc23)c2ccccc2)cn1. The van der Waals surface area contributed by atoms with Gasteiger partial charge in [0.15, 0.2) is 5.78 Å². The lowest BCUT2D eigenvalue weighted by molar-refractivity contribution is 0.0945. The van der Waals surface area contributed by atoms with Crippen molar-refractivity contribution in [2.45, 2.75) is 25.8 Å². The molecule has 0 radical (unpaired) electrons. The number of carbonyl (C=O) groups excluding carboxylic acids is 1. The number of benzene rings is 2. The van der Waals surface area contributed by atoms with E-state index in [1.807, 2.05) is 73.1 Å². The predicted octanol–water partition coefficient (Wildman–Crippen LogP) is 5.14. The Morgan fingerprint density at radius 2 is 1.81 bits per heavy atom. The molecule has 0 aliphatic heterocycles. The second-order valence-corrected chi connectivity index (χ2v) is 7.64. The van der Waals surface area contributed by atoms with E-state index in [1.165, 1.54) is 0 Å². The number of aromatic amines is 1. The molecule has 4 aromatic rings. The summed E-state index contributed by atoms with van der Waals surface area (Å²) in [6.45, 7) is 3.73. The van der Waals surface area contributed by atoms with Crippen molar-refractivity contribution in [3.63, 3.8) is 0 Å². The van der Waals surface area contributed by atoms with E-state index in [9.17, 15) is 4.79 Å². The van der Waals surface area contributed by atoms with Gasteiger partial charge in [0.1, 0.15) is 5.82 Å². The first-order valence-electron chi connectivity index (χ1n) is 10.8. The van der Waals surface area contributed by atoms with Crippen LogP contribution in [-0.4, -0.2) is 28.8 Å². The fraction of sp³-hybridized carbons (Fsp3) is 0.231. The first kappa shape index (κ1) is 20.8. The van der Waals surface area contributed by atoms with E-state index >= 15 is 0 Å². The third-order valence-electron chi connectivity index (χ3n) is 5.39. The van der Waals surface area contributed by atoms with Gasteiger partial charge in [-0.05, 0) is 36.1 Å². The molecule has 0 fully saturated rings. The van der Waals surface area contributed by atoms with Crippen LogP contribution in [0.5, 0.6) is 0 Å². The molecule has 5 nitrogen and oxygen atoms in total. The Balaban J connectivity index is 1.48. The summed E-state index contributed by atoms with van der Waals surface area (Å²) in [7, 11) is 0. The van der Waals surface area contributed by atoms with E-state index in [-0.39, 0.29) is 5.78 Å². The predicted molar refractivity (Wildman–Crippen MR) is 127 cm³/mol. The van der Waals surface area contributed by atoms with Gasteiger partial charge in [0.25, 0.3) is 0 Å². The fourth-order valence-corrected chi connectivity index (χ4v) is 3.73. The van der Waals surface area contributed by atoms with Crippen molar-refractivity contribution in [1.82, 2.24) is 15.3 Å². The van der Waals surface area contributed by atoms with E-state index in [0.717, 1.165) is 47.2 Å². The molecule has 0 aliphatic carbocycles. The van der Waals surface area contributed by atoms with E-state index < -0.39 is 6.04 Å². The third-order valence-corrected chi connectivity index (χ3v) is 5.39. The molecule has 0 unspecified atom stereocenters. The normalized spacial score (nSPS) is 12.0. The van der Waals surface area contributed by atoms with Gasteiger partial charge in [-0.25, -0.2) is 4.98 Å². The number of pyridine rings is 1. The number of rotatable bonds is 10. The monoisotopic (exact) mass is 412 g/mol. The Morgan fingerprint density at radius 3 is 2.58 bits per heavy atom. The molecular weight excluding hydrogens is 384 g/mol. The maximum atomic E-state index is 13.5. The maximum absolute atomic E-state index is 13.5. The lowest BCUT2D eigenvalue weighted by Gasteiger charge is -2.18. The topological polar surface area (TPSA) is 69.8 Å². The molecular formula is C26H28N4O. The van der Waals surface area contributed by atoms with Gasteiger partial charge >= 0.3 is 0 Å². The number of aromatic nitrogens is 2. The third kappa shape index (κ3) is 5.01. The minimum Gasteiger partial charge on any atom is -0.370 e. The zero-order valence-corrected chi connectivity index (χ0v) is 17.8. The van der Waals surface area contributed by atoms with Crippen molar-refractivity contribution in [2.75, 3.05) is 18.4 Å². The second-order valence-electron chi connectivity index (χ2n) is 7.64. The van der Waals surface area contributed by atoms with E-state index in [4.69, 9.17) is 0 Å². The molecule has 0 saturated carbocycles. The molecule has 2 heterocycles. The number of fused-ring (bicyclic) bond motifs is 1. The molecule has 0 saturated heterocycles. The van der Waals surface area contributed by atoms with Crippen LogP contribution >= 0.6 is 0 Å². The average molecular weight is 413 g/mol. The number of anilines is 1. The van der Waals surface area contributed by atoms with Gasteiger partial charge in [0.05, 0.1) is 6.04 Å². The largest absolute Gasteiger partial charge is 0.370 e. The standard InChI is InChI=1S/C26H28N4O/c1-2-15-27-24-13-12-19(17-30-24)14-16-28-25(20-8-4-3-5-9-20)26(31)22-18-29-23-11-7-6-10-21(22)23/h3-13,17-18,25,28-29H,2,14-16H2,1H3,(H,27,30)/t25-/m1/s1. The van der Waals surface area contributed by atoms with E-state index in [2.05, 4.69) is 33.6 Å². The number of hydrogen-bond acceptors (Lipinski definition) is 4. The summed E-state index contributed by atoms with van der Waals surface area (Å²) in [6, 6.07) is 21.5. The van der Waals surface area contributed by atoms with Crippen LogP contribution in [0.2, 0.25) is 0 Å². The number of nitrogens with one attached hydrogen (secondary N) is 3. The Kier molecular flexibility index (Phi) is 6.75. The maximum Gasteiger partial charge on any atom is 0.186 e. The first-order valence-corrected chi connectivity index (χ1v) is 10.8. The average Bonchev–Trinajstić information content (AvgIpc) is 3.26. The highest BCUT2D eigenvalue weighted by molar-refractivity contribution is 6.10. The Bertz CT molecular complexity index is 1120. The number of para-hydroxylation sites is 1. The molecule has 31 heavy (non-hydrogen) atoms. The van der Waals surface area contributed by atoms with Gasteiger partial charge in [-0.1, -0.05) is 61.5 Å². The molecule has 2 aromatic carbocycles. The van der Waals surface area contributed by atoms with Crippen molar-refractivity contribution in [2.24, 2.45) is 0 Å². The van der Waals surface area contributed by atoms with Crippen molar-refractivity contribution in [1.29, 1.82) is 0 Å². The fourth-order valence-electron chi connectivity index (χ4n) is 3.73. The Hall–Kier alpha value is -3.44. The quantitative estimate of drug-likeness (QED) is 0.315. The summed E-state index contributed by atoms with van der Waals surface area (Å²) in [5.74, 6) is 0.969. The van der Waals surface area contributed by atoms with Gasteiger partial charge in [-0.15, -0.1) is 0 Å². The molecule has 158 valence electrons. The second kappa shape index (κ2) is 10.0. The van der Waals surface area contributed by atoms with Crippen LogP contribution in [0.1, 0.15) is 40.9 Å². The number of hydrogen-bond donors (Lipinski definition) is 3. The summed E-state index contributed by atoms with van der Waals surface area (Å²) in [5.41, 5.74) is 3.79. The first-order chi connectivity index (χ1) is 15.3. The van der Waals surface area contributed by atoms with Crippen LogP contribution in [0, 0.1) is 0 Å². The zero-order valence-electron chi connectivity index (χ0n) is 17.8. The molecule has 1 atom stereocenters. The van der Waals surface area contributed by atoms with Crippen molar-refractivity contribution in [3.05, 3.63) is 95.8 Å². The van der Waals surface area contributed by atoms with Gasteiger partial charge in [-0.3, -0.25) is 4.79 Å². The summed E-state index contributed by atoms with van der Waals surface area (Å²) >= 11 is 0. The van der Waals surface area contributed by atoms with Crippen LogP contribution in [0.3, 0.4) is 0 Å². The summed E-state index contributed by atoms with van der Waals surface area (Å²) < 4.78 is 0. The molecule has 0 amide bonds. The molecule has 4 rings (SSSR count). The number of H-pyrrole nitrogens is 1. The van der Waals surface area contributed by atoms with Crippen LogP contribution in [0.25, 0.3) is 10.9 Å². The molecule has 0 bridgehead atoms. The number of nitrogens with zero attached hydrogens (tertiary/aromatic N) is 1. The molecule has 5 heteroatoms. The smallest absolute Gasteiger partial charge is 0.186 e. The lowest BCUT2D eigenvalue weighted by atomic mass is 9.96. The Morgan fingerprint density at radius 1 is 1.00 bits per heavy atom. The molecule has 0 spiro atoms. The van der Waals surface area contributed by atoms with Gasteiger partial charge in [0, 0.05) is 41.9 Å². The van der Waals surface area contributed by atoms with Crippen LogP contribution in [0.4, 0.5) is 5.82 Å². The highest BCUT2D eigenvalue weighted by atomic mass is 16.1. The van der Waals surface area contributed by atoms with E-state index in [0.29, 0.717) is 12.1 Å². The molecule has 3 N–H and O–H groups in total. The van der Waals surface area contributed by atoms with Crippen LogP contribution in [0.15, 0.2) is 79.1 Å². The minimum absolute atomic E-state index is 0.0703. The number of ketones is 1. The summed E-state index contributed by atoms with van der Waals surface area (Å²) in [4.78, 5) is 21.2. The van der Waals surface area contributed by atoms with Crippen molar-refractivity contribution >= 4 is 22.5 Å². The highest BCUT2D eigenvalue weighted by Gasteiger charge is 2.23. The number of Topliss-reactive ketones (excluding diaryl/α,β-unsaturated/α-hetero) is 1. The van der Waals surface area contributed by atoms with E-state index in [1.54, 1.807) is 0 Å². The minimum atomic E-state index is -0.404. The highest BCUT2D eigenvalue weighted by Crippen LogP contribution is 2.24. The summed E-state index contributed by atoms with van der Waals surface area (Å²) in [6.07, 6.45) is 5.58. The zero-order chi connectivity index (χ0) is 21.5. The Labute approximate surface area is 182 Å². The van der Waals surface area contributed by atoms with Crippen LogP contribution in [-0.2, 0) is 6.42 Å².